The van der Waals surface area contributed by atoms with Crippen LogP contribution in [-0.4, -0.2) is 0 Å². The molecule has 2 aromatic carbocycles. The van der Waals surface area contributed by atoms with Gasteiger partial charge in [-0.25, -0.2) is 0 Å². The van der Waals surface area contributed by atoms with Crippen LogP contribution in [-0.2, 0) is 0 Å². The highest BCUT2D eigenvalue weighted by molar-refractivity contribution is 5.87. The van der Waals surface area contributed by atoms with Gasteiger partial charge in [0.15, 0.2) is 0 Å². The third-order valence-corrected chi connectivity index (χ3v) is 3.31. The molecule has 0 heterocycles. The zero-order valence-electron chi connectivity index (χ0n) is 10.7. The van der Waals surface area contributed by atoms with E-state index in [-0.39, 0.29) is 0 Å². The largest absolute Gasteiger partial charge is 0.192 e. The van der Waals surface area contributed by atoms with Crippen LogP contribution in [0.5, 0.6) is 0 Å². The highest BCUT2D eigenvalue weighted by Gasteiger charge is 1.97. The first-order valence-electron chi connectivity index (χ1n) is 6.24. The second kappa shape index (κ2) is 4.88. The van der Waals surface area contributed by atoms with Crippen LogP contribution in [0.25, 0.3) is 23.3 Å². The summed E-state index contributed by atoms with van der Waals surface area (Å²) in [4.78, 5) is 0. The Hall–Kier alpha value is -3.10. The molecular weight excluding hydrogens is 244 g/mol. The van der Waals surface area contributed by atoms with Crippen LogP contribution in [0.4, 0.5) is 0 Å². The minimum Gasteiger partial charge on any atom is -0.192 e. The first-order chi connectivity index (χ1) is 9.80. The van der Waals surface area contributed by atoms with E-state index in [1.165, 1.54) is 0 Å². The van der Waals surface area contributed by atoms with E-state index in [0.29, 0.717) is 11.1 Å². The van der Waals surface area contributed by atoms with Gasteiger partial charge in [0.25, 0.3) is 0 Å². The first-order valence-corrected chi connectivity index (χ1v) is 6.24. The first kappa shape index (κ1) is 12.0. The van der Waals surface area contributed by atoms with Gasteiger partial charge >= 0.3 is 0 Å². The van der Waals surface area contributed by atoms with Gasteiger partial charge in [-0.15, -0.1) is 0 Å². The van der Waals surface area contributed by atoms with Gasteiger partial charge in [0.05, 0.1) is 23.3 Å². The van der Waals surface area contributed by atoms with E-state index >= 15 is 0 Å². The smallest absolute Gasteiger partial charge is 0.0998 e. The predicted molar refractivity (Wildman–Crippen MR) is 78.4 cm³/mol. The van der Waals surface area contributed by atoms with Gasteiger partial charge in [-0.05, 0) is 33.0 Å². The minimum atomic E-state index is 0.634. The van der Waals surface area contributed by atoms with E-state index in [4.69, 9.17) is 0 Å². The fourth-order valence-corrected chi connectivity index (χ4v) is 2.21. The average molecular weight is 254 g/mol. The van der Waals surface area contributed by atoms with Crippen molar-refractivity contribution in [3.8, 4) is 12.1 Å². The lowest BCUT2D eigenvalue weighted by Gasteiger charge is -1.96. The molecule has 0 N–H and O–H groups in total. The Morgan fingerprint density at radius 1 is 0.550 bits per heavy atom. The Balaban J connectivity index is 2.54. The molecule has 0 aromatic heterocycles. The van der Waals surface area contributed by atoms with E-state index in [0.717, 1.165) is 20.9 Å². The summed E-state index contributed by atoms with van der Waals surface area (Å²) in [6.07, 6.45) is 3.71. The third-order valence-electron chi connectivity index (χ3n) is 3.31. The Bertz CT molecular complexity index is 881. The Labute approximate surface area is 116 Å². The van der Waals surface area contributed by atoms with Crippen molar-refractivity contribution in [2.45, 2.75) is 0 Å². The molecule has 92 valence electrons. The predicted octanol–water partition coefficient (Wildman–Crippen LogP) is 0.310. The van der Waals surface area contributed by atoms with E-state index in [9.17, 15) is 10.5 Å². The molecule has 2 heteroatoms. The van der Waals surface area contributed by atoms with E-state index < -0.39 is 0 Å². The molecule has 0 saturated carbocycles. The molecule has 2 aromatic rings. The van der Waals surface area contributed by atoms with Gasteiger partial charge < -0.3 is 0 Å². The normalized spacial score (nSPS) is 12.5. The highest BCUT2D eigenvalue weighted by Crippen LogP contribution is 1.96. The fraction of sp³-hybridized carbons (Fsp3) is 0. The maximum atomic E-state index is 9.29. The maximum absolute atomic E-state index is 9.29. The third kappa shape index (κ3) is 2.11. The van der Waals surface area contributed by atoms with Crippen LogP contribution in [0.15, 0.2) is 48.5 Å². The Morgan fingerprint density at radius 2 is 0.900 bits per heavy atom. The summed E-state index contributed by atoms with van der Waals surface area (Å²) < 4.78 is 0. The average Bonchev–Trinajstić information content (AvgIpc) is 2.50. The summed E-state index contributed by atoms with van der Waals surface area (Å²) in [5.41, 5.74) is 1.27. The molecule has 6 rings (SSSR count). The number of nitrogens with zero attached hydrogens (tertiary/aromatic N) is 2. The van der Waals surface area contributed by atoms with Crippen LogP contribution in [0, 0.1) is 22.7 Å². The molecule has 0 unspecified atom stereocenters. The number of nitriles is 2. The van der Waals surface area contributed by atoms with Crippen molar-refractivity contribution in [2.24, 2.45) is 0 Å². The summed E-state index contributed by atoms with van der Waals surface area (Å²) in [5, 5.41) is 22.2. The molecule has 4 aliphatic rings. The lowest BCUT2D eigenvalue weighted by Crippen LogP contribution is -2.15. The molecule has 0 radical (unpaired) electrons. The molecule has 0 saturated heterocycles. The number of benzene rings is 2. The molecule has 4 aliphatic carbocycles. The van der Waals surface area contributed by atoms with Gasteiger partial charge in [-0.3, -0.25) is 0 Å². The monoisotopic (exact) mass is 254 g/mol. The van der Waals surface area contributed by atoms with Gasteiger partial charge in [-0.1, -0.05) is 48.5 Å². The summed E-state index contributed by atoms with van der Waals surface area (Å²) in [6.45, 7) is 0. The van der Waals surface area contributed by atoms with Crippen LogP contribution in [0.2, 0.25) is 0 Å². The lowest BCUT2D eigenvalue weighted by molar-refractivity contribution is 1.48. The van der Waals surface area contributed by atoms with Crippen molar-refractivity contribution in [3.63, 3.8) is 0 Å². The molecule has 2 nitrogen and oxygen atoms in total. The van der Waals surface area contributed by atoms with E-state index in [1.807, 2.05) is 60.7 Å². The van der Waals surface area contributed by atoms with Crippen LogP contribution in [0.1, 0.15) is 0 Å². The quantitative estimate of drug-likeness (QED) is 0.679. The van der Waals surface area contributed by atoms with Crippen molar-refractivity contribution in [3.05, 3.63) is 69.4 Å². The molecule has 0 amide bonds. The van der Waals surface area contributed by atoms with E-state index in [2.05, 4.69) is 12.1 Å². The van der Waals surface area contributed by atoms with Crippen molar-refractivity contribution in [1.82, 2.24) is 0 Å². The lowest BCUT2D eigenvalue weighted by atomic mass is 10.1. The molecule has 20 heavy (non-hydrogen) atoms. The van der Waals surface area contributed by atoms with Crippen molar-refractivity contribution < 1.29 is 0 Å². The molecule has 0 spiro atoms. The second-order valence-electron chi connectivity index (χ2n) is 4.58. The Kier molecular flexibility index (Phi) is 2.92. The zero-order chi connectivity index (χ0) is 13.9. The summed E-state index contributed by atoms with van der Waals surface area (Å²) in [5.74, 6) is 0. The van der Waals surface area contributed by atoms with Gasteiger partial charge in [0, 0.05) is 0 Å². The van der Waals surface area contributed by atoms with Crippen LogP contribution >= 0.6 is 0 Å². The topological polar surface area (TPSA) is 47.6 Å². The Morgan fingerprint density at radius 3 is 1.20 bits per heavy atom. The second-order valence-corrected chi connectivity index (χ2v) is 4.58. The fourth-order valence-electron chi connectivity index (χ4n) is 2.21. The zero-order valence-corrected chi connectivity index (χ0v) is 10.7. The van der Waals surface area contributed by atoms with E-state index in [1.54, 1.807) is 0 Å². The minimum absolute atomic E-state index is 0.634. The summed E-state index contributed by atoms with van der Waals surface area (Å²) >= 11 is 0. The maximum Gasteiger partial charge on any atom is 0.0998 e. The summed E-state index contributed by atoms with van der Waals surface area (Å²) in [7, 11) is 0. The highest BCUT2D eigenvalue weighted by atomic mass is 14.2. The molecule has 4 bridgehead atoms. The molecule has 0 aliphatic heterocycles. The number of rotatable bonds is 0. The van der Waals surface area contributed by atoms with Crippen LogP contribution < -0.4 is 20.9 Å². The number of hydrogen-bond acceptors (Lipinski definition) is 2. The number of hydrogen-bond donors (Lipinski definition) is 0. The van der Waals surface area contributed by atoms with Crippen molar-refractivity contribution in [2.75, 3.05) is 0 Å². The van der Waals surface area contributed by atoms with Gasteiger partial charge in [-0.2, -0.15) is 10.5 Å². The van der Waals surface area contributed by atoms with Gasteiger partial charge in [0.2, 0.25) is 0 Å². The van der Waals surface area contributed by atoms with Crippen molar-refractivity contribution >= 4 is 23.3 Å². The molecular formula is C18H10N2. The van der Waals surface area contributed by atoms with Gasteiger partial charge in [0.1, 0.15) is 0 Å². The molecule has 0 atom stereocenters. The SMILES string of the molecule is N#CC1=c2ccc(cc2)=CC(C#N)=c2ccc(cc2)=C1. The standard InChI is InChI=1S/C18H10N2/c19-11-17-9-13-1-5-15(6-2-13)18(12-20)10-14-3-7-16(17)8-4-14/h1-10H. The molecule has 0 fully saturated rings. The summed E-state index contributed by atoms with van der Waals surface area (Å²) in [6, 6.07) is 19.8. The van der Waals surface area contributed by atoms with Crippen LogP contribution in [0.3, 0.4) is 0 Å². The van der Waals surface area contributed by atoms with Crippen molar-refractivity contribution in [1.29, 1.82) is 10.5 Å².